The molecule has 0 aromatic heterocycles. The molecule has 2 aromatic rings. The van der Waals surface area contributed by atoms with Crippen LogP contribution < -0.4 is 10.2 Å². The second kappa shape index (κ2) is 7.32. The van der Waals surface area contributed by atoms with E-state index in [2.05, 4.69) is 12.2 Å². The van der Waals surface area contributed by atoms with Crippen LogP contribution in [0.4, 0.5) is 11.4 Å². The number of hydrogen-bond donors (Lipinski definition) is 1. The molecule has 1 aliphatic rings. The number of aryl methyl sites for hydroxylation is 3. The summed E-state index contributed by atoms with van der Waals surface area (Å²) in [6, 6.07) is 12.0. The Morgan fingerprint density at radius 1 is 1.12 bits per heavy atom. The van der Waals surface area contributed by atoms with Crippen molar-refractivity contribution in [2.24, 2.45) is 5.92 Å². The number of carbonyl (C=O) groups excluding carboxylic acids is 2. The fourth-order valence-electron chi connectivity index (χ4n) is 3.57. The number of benzene rings is 2. The Morgan fingerprint density at radius 2 is 1.81 bits per heavy atom. The highest BCUT2D eigenvalue weighted by Crippen LogP contribution is 2.30. The van der Waals surface area contributed by atoms with E-state index >= 15 is 0 Å². The Hall–Kier alpha value is -2.62. The summed E-state index contributed by atoms with van der Waals surface area (Å²) in [5, 5.41) is 3.07. The lowest BCUT2D eigenvalue weighted by atomic mass is 10.0. The van der Waals surface area contributed by atoms with E-state index in [4.69, 9.17) is 0 Å². The van der Waals surface area contributed by atoms with Crippen LogP contribution in [0.5, 0.6) is 0 Å². The Morgan fingerprint density at radius 3 is 2.54 bits per heavy atom. The summed E-state index contributed by atoms with van der Waals surface area (Å²) in [7, 11) is 0. The second-order valence-electron chi connectivity index (χ2n) is 7.08. The standard InChI is InChI=1S/C22H26N2O2/c1-5-17-10-6-9-15(3)21(17)23-22(26)18-12-20(25)24(13-18)19-11-7-8-14(2)16(19)4/h6-11,18H,5,12-13H2,1-4H3,(H,23,26). The van der Waals surface area contributed by atoms with Crippen molar-refractivity contribution in [3.8, 4) is 0 Å². The van der Waals surface area contributed by atoms with Gasteiger partial charge in [0.1, 0.15) is 0 Å². The van der Waals surface area contributed by atoms with Crippen LogP contribution >= 0.6 is 0 Å². The Labute approximate surface area is 155 Å². The number of nitrogens with one attached hydrogen (secondary N) is 1. The Kier molecular flexibility index (Phi) is 5.12. The molecule has 0 saturated carbocycles. The van der Waals surface area contributed by atoms with Gasteiger partial charge >= 0.3 is 0 Å². The minimum atomic E-state index is -0.327. The number of carbonyl (C=O) groups is 2. The highest BCUT2D eigenvalue weighted by Gasteiger charge is 2.36. The summed E-state index contributed by atoms with van der Waals surface area (Å²) in [6.45, 7) is 8.56. The van der Waals surface area contributed by atoms with Crippen molar-refractivity contribution in [1.29, 1.82) is 0 Å². The van der Waals surface area contributed by atoms with Gasteiger partial charge < -0.3 is 10.2 Å². The van der Waals surface area contributed by atoms with Gasteiger partial charge in [0, 0.05) is 24.3 Å². The van der Waals surface area contributed by atoms with Gasteiger partial charge in [-0.25, -0.2) is 0 Å². The smallest absolute Gasteiger partial charge is 0.229 e. The topological polar surface area (TPSA) is 49.4 Å². The zero-order valence-electron chi connectivity index (χ0n) is 15.9. The molecule has 1 saturated heterocycles. The summed E-state index contributed by atoms with van der Waals surface area (Å²) in [4.78, 5) is 27.1. The summed E-state index contributed by atoms with van der Waals surface area (Å²) in [6.07, 6.45) is 1.11. The van der Waals surface area contributed by atoms with Gasteiger partial charge in [0.05, 0.1) is 5.92 Å². The molecular formula is C22H26N2O2. The number of hydrogen-bond acceptors (Lipinski definition) is 2. The number of nitrogens with zero attached hydrogens (tertiary/aromatic N) is 1. The molecule has 0 aliphatic carbocycles. The van der Waals surface area contributed by atoms with E-state index in [0.29, 0.717) is 6.54 Å². The zero-order valence-corrected chi connectivity index (χ0v) is 15.9. The van der Waals surface area contributed by atoms with E-state index in [0.717, 1.165) is 40.0 Å². The van der Waals surface area contributed by atoms with Crippen molar-refractivity contribution in [1.82, 2.24) is 0 Å². The van der Waals surface area contributed by atoms with Crippen LogP contribution in [0.15, 0.2) is 36.4 Å². The summed E-state index contributed by atoms with van der Waals surface area (Å²) in [5.74, 6) is -0.388. The zero-order chi connectivity index (χ0) is 18.8. The highest BCUT2D eigenvalue weighted by atomic mass is 16.2. The maximum atomic E-state index is 12.8. The average molecular weight is 350 g/mol. The summed E-state index contributed by atoms with van der Waals surface area (Å²) >= 11 is 0. The quantitative estimate of drug-likeness (QED) is 0.900. The van der Waals surface area contributed by atoms with Gasteiger partial charge in [-0.1, -0.05) is 37.3 Å². The van der Waals surface area contributed by atoms with Crippen LogP contribution in [-0.2, 0) is 16.0 Å². The van der Waals surface area contributed by atoms with E-state index in [-0.39, 0.29) is 24.2 Å². The SMILES string of the molecule is CCc1cccc(C)c1NC(=O)C1CC(=O)N(c2cccc(C)c2C)C1. The van der Waals surface area contributed by atoms with Gasteiger partial charge in [0.25, 0.3) is 0 Å². The molecule has 136 valence electrons. The molecule has 3 rings (SSSR count). The van der Waals surface area contributed by atoms with Crippen LogP contribution in [-0.4, -0.2) is 18.4 Å². The lowest BCUT2D eigenvalue weighted by Gasteiger charge is -2.20. The molecule has 1 fully saturated rings. The molecule has 4 heteroatoms. The van der Waals surface area contributed by atoms with E-state index in [1.165, 1.54) is 0 Å². The molecule has 2 amide bonds. The third kappa shape index (κ3) is 3.36. The van der Waals surface area contributed by atoms with E-state index in [9.17, 15) is 9.59 Å². The molecule has 0 radical (unpaired) electrons. The largest absolute Gasteiger partial charge is 0.325 e. The lowest BCUT2D eigenvalue weighted by Crippen LogP contribution is -2.29. The second-order valence-corrected chi connectivity index (χ2v) is 7.08. The first-order valence-electron chi connectivity index (χ1n) is 9.18. The van der Waals surface area contributed by atoms with Crippen LogP contribution in [0, 0.1) is 26.7 Å². The summed E-state index contributed by atoms with van der Waals surface area (Å²) < 4.78 is 0. The van der Waals surface area contributed by atoms with Crippen molar-refractivity contribution in [2.45, 2.75) is 40.5 Å². The third-order valence-corrected chi connectivity index (χ3v) is 5.35. The van der Waals surface area contributed by atoms with Crippen molar-refractivity contribution in [2.75, 3.05) is 16.8 Å². The molecular weight excluding hydrogens is 324 g/mol. The van der Waals surface area contributed by atoms with Gasteiger partial charge in [-0.2, -0.15) is 0 Å². The minimum absolute atomic E-state index is 0.0133. The lowest BCUT2D eigenvalue weighted by molar-refractivity contribution is -0.122. The molecule has 0 spiro atoms. The average Bonchev–Trinajstić information content (AvgIpc) is 3.00. The molecule has 1 atom stereocenters. The monoisotopic (exact) mass is 350 g/mol. The molecule has 1 N–H and O–H groups in total. The normalized spacial score (nSPS) is 16.8. The van der Waals surface area contributed by atoms with Crippen LogP contribution in [0.2, 0.25) is 0 Å². The maximum Gasteiger partial charge on any atom is 0.229 e. The predicted molar refractivity (Wildman–Crippen MR) is 106 cm³/mol. The highest BCUT2D eigenvalue weighted by molar-refractivity contribution is 6.04. The van der Waals surface area contributed by atoms with E-state index < -0.39 is 0 Å². The van der Waals surface area contributed by atoms with Gasteiger partial charge in [0.15, 0.2) is 0 Å². The van der Waals surface area contributed by atoms with Gasteiger partial charge in [-0.3, -0.25) is 9.59 Å². The van der Waals surface area contributed by atoms with Gasteiger partial charge in [0.2, 0.25) is 11.8 Å². The first-order valence-corrected chi connectivity index (χ1v) is 9.18. The maximum absolute atomic E-state index is 12.8. The van der Waals surface area contributed by atoms with Crippen molar-refractivity contribution < 1.29 is 9.59 Å². The first kappa shape index (κ1) is 18.2. The molecule has 1 unspecified atom stereocenters. The van der Waals surface area contributed by atoms with Crippen molar-refractivity contribution in [3.63, 3.8) is 0 Å². The molecule has 1 aliphatic heterocycles. The molecule has 4 nitrogen and oxygen atoms in total. The van der Waals surface area contributed by atoms with Crippen LogP contribution in [0.25, 0.3) is 0 Å². The third-order valence-electron chi connectivity index (χ3n) is 5.35. The number of rotatable bonds is 4. The Bertz CT molecular complexity index is 857. The molecule has 1 heterocycles. The molecule has 2 aromatic carbocycles. The van der Waals surface area contributed by atoms with Crippen LogP contribution in [0.3, 0.4) is 0 Å². The fraction of sp³-hybridized carbons (Fsp3) is 0.364. The summed E-state index contributed by atoms with van der Waals surface area (Å²) in [5.41, 5.74) is 6.21. The first-order chi connectivity index (χ1) is 12.4. The minimum Gasteiger partial charge on any atom is -0.325 e. The molecule has 0 bridgehead atoms. The van der Waals surface area contributed by atoms with E-state index in [1.807, 2.05) is 57.2 Å². The van der Waals surface area contributed by atoms with Crippen LogP contribution in [0.1, 0.15) is 35.6 Å². The van der Waals surface area contributed by atoms with Crippen molar-refractivity contribution in [3.05, 3.63) is 58.7 Å². The predicted octanol–water partition coefficient (Wildman–Crippen LogP) is 4.17. The fourth-order valence-corrected chi connectivity index (χ4v) is 3.57. The Balaban J connectivity index is 1.79. The number of para-hydroxylation sites is 1. The number of anilines is 2. The van der Waals surface area contributed by atoms with Crippen molar-refractivity contribution >= 4 is 23.2 Å². The molecule has 26 heavy (non-hydrogen) atoms. The van der Waals surface area contributed by atoms with Gasteiger partial charge in [-0.15, -0.1) is 0 Å². The number of amides is 2. The van der Waals surface area contributed by atoms with E-state index in [1.54, 1.807) is 4.90 Å². The van der Waals surface area contributed by atoms with Gasteiger partial charge in [-0.05, 0) is 55.5 Å².